The number of amides is 2. The quantitative estimate of drug-likeness (QED) is 0.932. The summed E-state index contributed by atoms with van der Waals surface area (Å²) in [5, 5.41) is 3.06. The number of nitrogens with one attached hydrogen (secondary N) is 1. The van der Waals surface area contributed by atoms with Gasteiger partial charge in [-0.15, -0.1) is 0 Å². The number of carbonyl (C=O) groups is 2. The molecule has 1 N–H and O–H groups in total. The Kier molecular flexibility index (Phi) is 4.17. The van der Waals surface area contributed by atoms with E-state index in [1.165, 1.54) is 5.56 Å². The lowest BCUT2D eigenvalue weighted by atomic mass is 9.86. The summed E-state index contributed by atoms with van der Waals surface area (Å²) in [6.07, 6.45) is 2.92. The summed E-state index contributed by atoms with van der Waals surface area (Å²) < 4.78 is 0. The molecule has 4 nitrogen and oxygen atoms in total. The third kappa shape index (κ3) is 3.74. The van der Waals surface area contributed by atoms with Gasteiger partial charge in [-0.25, -0.2) is 0 Å². The lowest BCUT2D eigenvalue weighted by Crippen LogP contribution is -2.38. The van der Waals surface area contributed by atoms with Gasteiger partial charge < -0.3 is 10.2 Å². The molecule has 0 radical (unpaired) electrons. The summed E-state index contributed by atoms with van der Waals surface area (Å²) >= 11 is 0. The van der Waals surface area contributed by atoms with Gasteiger partial charge in [0, 0.05) is 30.6 Å². The van der Waals surface area contributed by atoms with Crippen molar-refractivity contribution in [1.29, 1.82) is 0 Å². The molecule has 23 heavy (non-hydrogen) atoms. The largest absolute Gasteiger partial charge is 0.347 e. The minimum Gasteiger partial charge on any atom is -0.347 e. The maximum atomic E-state index is 12.4. The number of rotatable bonds is 3. The van der Waals surface area contributed by atoms with Crippen LogP contribution in [0.3, 0.4) is 0 Å². The standard InChI is InChI=1S/C19H26N2O2/c1-19(2,3)15-8-6-13(7-9-15)17(22)20-16-10-11-21(12-16)18(23)14-4-5-14/h6-9,14,16H,4-5,10-12H2,1-3H3,(H,20,22). The summed E-state index contributed by atoms with van der Waals surface area (Å²) in [7, 11) is 0. The van der Waals surface area contributed by atoms with Crippen LogP contribution >= 0.6 is 0 Å². The van der Waals surface area contributed by atoms with Crippen molar-refractivity contribution in [2.75, 3.05) is 13.1 Å². The average Bonchev–Trinajstić information content (AvgIpc) is 3.26. The number of hydrogen-bond donors (Lipinski definition) is 1. The van der Waals surface area contributed by atoms with Gasteiger partial charge in [0.1, 0.15) is 0 Å². The molecule has 1 atom stereocenters. The number of nitrogens with zero attached hydrogens (tertiary/aromatic N) is 1. The fraction of sp³-hybridized carbons (Fsp3) is 0.579. The summed E-state index contributed by atoms with van der Waals surface area (Å²) in [6, 6.07) is 7.89. The van der Waals surface area contributed by atoms with Gasteiger partial charge in [0.05, 0.1) is 0 Å². The fourth-order valence-electron chi connectivity index (χ4n) is 3.06. The zero-order valence-corrected chi connectivity index (χ0v) is 14.3. The first kappa shape index (κ1) is 16.0. The van der Waals surface area contributed by atoms with Crippen LogP contribution in [-0.2, 0) is 10.2 Å². The van der Waals surface area contributed by atoms with Crippen LogP contribution in [0.5, 0.6) is 0 Å². The second kappa shape index (κ2) is 5.99. The van der Waals surface area contributed by atoms with Gasteiger partial charge in [0.2, 0.25) is 5.91 Å². The summed E-state index contributed by atoms with van der Waals surface area (Å²) in [4.78, 5) is 26.3. The molecular weight excluding hydrogens is 288 g/mol. The van der Waals surface area contributed by atoms with Crippen molar-refractivity contribution in [3.8, 4) is 0 Å². The average molecular weight is 314 g/mol. The van der Waals surface area contributed by atoms with E-state index in [9.17, 15) is 9.59 Å². The van der Waals surface area contributed by atoms with Gasteiger partial charge >= 0.3 is 0 Å². The fourth-order valence-corrected chi connectivity index (χ4v) is 3.06. The van der Waals surface area contributed by atoms with Crippen molar-refractivity contribution in [1.82, 2.24) is 10.2 Å². The zero-order chi connectivity index (χ0) is 16.6. The molecule has 0 bridgehead atoms. The van der Waals surface area contributed by atoms with Gasteiger partial charge in [-0.3, -0.25) is 9.59 Å². The molecule has 1 aromatic carbocycles. The molecule has 0 aromatic heterocycles. The van der Waals surface area contributed by atoms with E-state index >= 15 is 0 Å². The third-order valence-electron chi connectivity index (χ3n) is 4.77. The number of benzene rings is 1. The molecule has 2 aliphatic rings. The molecule has 1 unspecified atom stereocenters. The van der Waals surface area contributed by atoms with Crippen LogP contribution in [0.2, 0.25) is 0 Å². The van der Waals surface area contributed by atoms with E-state index in [1.54, 1.807) is 0 Å². The minimum atomic E-state index is -0.0452. The van der Waals surface area contributed by atoms with Crippen LogP contribution < -0.4 is 5.32 Å². The van der Waals surface area contributed by atoms with Crippen LogP contribution in [0.4, 0.5) is 0 Å². The van der Waals surface area contributed by atoms with Gasteiger partial charge in [0.15, 0.2) is 0 Å². The van der Waals surface area contributed by atoms with Gasteiger partial charge in [-0.2, -0.15) is 0 Å². The van der Waals surface area contributed by atoms with Crippen molar-refractivity contribution >= 4 is 11.8 Å². The summed E-state index contributed by atoms with van der Waals surface area (Å²) in [6.45, 7) is 7.90. The number of likely N-dealkylation sites (tertiary alicyclic amines) is 1. The van der Waals surface area contributed by atoms with Gasteiger partial charge in [-0.1, -0.05) is 32.9 Å². The molecule has 124 valence electrons. The van der Waals surface area contributed by atoms with Crippen molar-refractivity contribution < 1.29 is 9.59 Å². The van der Waals surface area contributed by atoms with E-state index in [0.717, 1.165) is 25.8 Å². The van der Waals surface area contributed by atoms with Crippen LogP contribution in [0.15, 0.2) is 24.3 Å². The summed E-state index contributed by atoms with van der Waals surface area (Å²) in [5.41, 5.74) is 1.99. The predicted octanol–water partition coefficient (Wildman–Crippen LogP) is 2.72. The van der Waals surface area contributed by atoms with Gasteiger partial charge in [0.25, 0.3) is 5.91 Å². The SMILES string of the molecule is CC(C)(C)c1ccc(C(=O)NC2CCN(C(=O)C3CC3)C2)cc1. The minimum absolute atomic E-state index is 0.0452. The Hall–Kier alpha value is -1.84. The molecule has 1 aliphatic heterocycles. The molecular formula is C19H26N2O2. The Morgan fingerprint density at radius 1 is 1.09 bits per heavy atom. The molecule has 1 saturated carbocycles. The Bertz CT molecular complexity index is 597. The molecule has 1 aliphatic carbocycles. The highest BCUT2D eigenvalue weighted by atomic mass is 16.2. The van der Waals surface area contributed by atoms with E-state index in [-0.39, 0.29) is 29.2 Å². The van der Waals surface area contributed by atoms with Crippen molar-refractivity contribution in [3.63, 3.8) is 0 Å². The Labute approximate surface area is 138 Å². The van der Waals surface area contributed by atoms with E-state index in [2.05, 4.69) is 26.1 Å². The van der Waals surface area contributed by atoms with Crippen molar-refractivity contribution in [2.45, 2.75) is 51.5 Å². The highest BCUT2D eigenvalue weighted by molar-refractivity contribution is 5.94. The zero-order valence-electron chi connectivity index (χ0n) is 14.3. The number of hydrogen-bond acceptors (Lipinski definition) is 2. The first-order valence-electron chi connectivity index (χ1n) is 8.55. The predicted molar refractivity (Wildman–Crippen MR) is 90.3 cm³/mol. The van der Waals surface area contributed by atoms with E-state index in [0.29, 0.717) is 12.1 Å². The van der Waals surface area contributed by atoms with Gasteiger partial charge in [-0.05, 0) is 42.4 Å². The van der Waals surface area contributed by atoms with Crippen LogP contribution in [0.25, 0.3) is 0 Å². The molecule has 3 rings (SSSR count). The normalized spacial score (nSPS) is 21.3. The van der Waals surface area contributed by atoms with Crippen molar-refractivity contribution in [2.24, 2.45) is 5.92 Å². The highest BCUT2D eigenvalue weighted by Crippen LogP contribution is 2.32. The lowest BCUT2D eigenvalue weighted by Gasteiger charge is -2.19. The monoisotopic (exact) mass is 314 g/mol. The maximum Gasteiger partial charge on any atom is 0.251 e. The molecule has 4 heteroatoms. The molecule has 2 fully saturated rings. The second-order valence-corrected chi connectivity index (χ2v) is 7.84. The first-order chi connectivity index (χ1) is 10.8. The molecule has 1 heterocycles. The van der Waals surface area contributed by atoms with Crippen LogP contribution in [0, 0.1) is 5.92 Å². The van der Waals surface area contributed by atoms with E-state index in [4.69, 9.17) is 0 Å². The second-order valence-electron chi connectivity index (χ2n) is 7.84. The first-order valence-corrected chi connectivity index (χ1v) is 8.55. The van der Waals surface area contributed by atoms with Crippen molar-refractivity contribution in [3.05, 3.63) is 35.4 Å². The maximum absolute atomic E-state index is 12.4. The molecule has 0 spiro atoms. The lowest BCUT2D eigenvalue weighted by molar-refractivity contribution is -0.131. The highest BCUT2D eigenvalue weighted by Gasteiger charge is 2.36. The third-order valence-corrected chi connectivity index (χ3v) is 4.77. The van der Waals surface area contributed by atoms with E-state index in [1.807, 2.05) is 29.2 Å². The molecule has 1 aromatic rings. The summed E-state index contributed by atoms with van der Waals surface area (Å²) in [5.74, 6) is 0.488. The smallest absolute Gasteiger partial charge is 0.251 e. The van der Waals surface area contributed by atoms with E-state index < -0.39 is 0 Å². The topological polar surface area (TPSA) is 49.4 Å². The Balaban J connectivity index is 1.56. The number of carbonyl (C=O) groups excluding carboxylic acids is 2. The van der Waals surface area contributed by atoms with Crippen LogP contribution in [-0.4, -0.2) is 35.8 Å². The Morgan fingerprint density at radius 3 is 2.30 bits per heavy atom. The Morgan fingerprint density at radius 2 is 1.74 bits per heavy atom. The van der Waals surface area contributed by atoms with Crippen LogP contribution in [0.1, 0.15) is 56.0 Å². The molecule has 1 saturated heterocycles. The molecule has 2 amide bonds.